The van der Waals surface area contributed by atoms with Gasteiger partial charge >= 0.3 is 6.03 Å². The van der Waals surface area contributed by atoms with Crippen molar-refractivity contribution in [2.75, 3.05) is 11.9 Å². The monoisotopic (exact) mass is 299 g/mol. The fourth-order valence-electron chi connectivity index (χ4n) is 2.75. The number of pyridine rings is 1. The minimum absolute atomic E-state index is 0.0576. The Kier molecular flexibility index (Phi) is 3.74. The van der Waals surface area contributed by atoms with Crippen LogP contribution in [0.15, 0.2) is 30.3 Å². The molecule has 1 saturated carbocycles. The van der Waals surface area contributed by atoms with Crippen molar-refractivity contribution in [3.63, 3.8) is 0 Å². The molecule has 3 N–H and O–H groups in total. The van der Waals surface area contributed by atoms with Crippen LogP contribution in [0, 0.1) is 12.8 Å². The number of fused-ring (bicyclic) bond motifs is 1. The van der Waals surface area contributed by atoms with E-state index >= 15 is 0 Å². The molecule has 1 fully saturated rings. The smallest absolute Gasteiger partial charge is 0.319 e. The number of para-hydroxylation sites is 1. The number of hydrogen-bond acceptors (Lipinski definition) is 3. The van der Waals surface area contributed by atoms with Gasteiger partial charge < -0.3 is 15.7 Å². The van der Waals surface area contributed by atoms with Crippen molar-refractivity contribution in [1.29, 1.82) is 0 Å². The van der Waals surface area contributed by atoms with E-state index in [1.54, 1.807) is 0 Å². The molecule has 3 rings (SSSR count). The lowest BCUT2D eigenvalue weighted by Gasteiger charge is -2.28. The Hall–Kier alpha value is -2.14. The van der Waals surface area contributed by atoms with Gasteiger partial charge in [-0.3, -0.25) is 4.98 Å². The third-order valence-electron chi connectivity index (χ3n) is 4.31. The molecule has 22 heavy (non-hydrogen) atoms. The standard InChI is InChI=1S/C17H21N3O2/c1-11-6-7-12-4-3-5-14(15(12)18-11)19-16(22)20-17(2,10-21)13-8-9-13/h3-7,13,21H,8-10H2,1-2H3,(H2,19,20,22). The van der Waals surface area contributed by atoms with Crippen LogP contribution in [0.1, 0.15) is 25.5 Å². The Morgan fingerprint density at radius 2 is 2.14 bits per heavy atom. The van der Waals surface area contributed by atoms with E-state index < -0.39 is 5.54 Å². The Balaban J connectivity index is 1.80. The first-order valence-corrected chi connectivity index (χ1v) is 7.58. The molecule has 0 saturated heterocycles. The zero-order chi connectivity index (χ0) is 15.7. The molecule has 1 unspecified atom stereocenters. The highest BCUT2D eigenvalue weighted by Crippen LogP contribution is 2.39. The maximum absolute atomic E-state index is 12.3. The lowest BCUT2D eigenvalue weighted by Crippen LogP contribution is -2.52. The van der Waals surface area contributed by atoms with Crippen molar-refractivity contribution in [1.82, 2.24) is 10.3 Å². The fourth-order valence-corrected chi connectivity index (χ4v) is 2.75. The molecule has 2 aromatic rings. The van der Waals surface area contributed by atoms with Crippen LogP contribution < -0.4 is 10.6 Å². The second kappa shape index (κ2) is 5.57. The van der Waals surface area contributed by atoms with E-state index in [4.69, 9.17) is 0 Å². The second-order valence-corrected chi connectivity index (χ2v) is 6.26. The van der Waals surface area contributed by atoms with Gasteiger partial charge in [0.2, 0.25) is 0 Å². The normalized spacial score (nSPS) is 17.0. The zero-order valence-corrected chi connectivity index (χ0v) is 12.9. The number of amides is 2. The first-order chi connectivity index (χ1) is 10.5. The molecule has 0 radical (unpaired) electrons. The Bertz CT molecular complexity index is 712. The molecular formula is C17H21N3O2. The van der Waals surface area contributed by atoms with E-state index in [2.05, 4.69) is 15.6 Å². The third-order valence-corrected chi connectivity index (χ3v) is 4.31. The lowest BCUT2D eigenvalue weighted by molar-refractivity contribution is 0.159. The summed E-state index contributed by atoms with van der Waals surface area (Å²) in [5.41, 5.74) is 1.79. The molecule has 1 aromatic carbocycles. The lowest BCUT2D eigenvalue weighted by atomic mass is 9.97. The van der Waals surface area contributed by atoms with Crippen LogP contribution in [-0.4, -0.2) is 28.3 Å². The number of hydrogen-bond donors (Lipinski definition) is 3. The predicted molar refractivity (Wildman–Crippen MR) is 86.8 cm³/mol. The van der Waals surface area contributed by atoms with Gasteiger partial charge in [-0.2, -0.15) is 0 Å². The molecular weight excluding hydrogens is 278 g/mol. The Labute approximate surface area is 129 Å². The molecule has 0 aliphatic heterocycles. The first-order valence-electron chi connectivity index (χ1n) is 7.58. The number of aryl methyl sites for hydroxylation is 1. The fraction of sp³-hybridized carbons (Fsp3) is 0.412. The van der Waals surface area contributed by atoms with Crippen molar-refractivity contribution in [2.45, 2.75) is 32.2 Å². The summed E-state index contributed by atoms with van der Waals surface area (Å²) in [6.07, 6.45) is 2.10. The summed E-state index contributed by atoms with van der Waals surface area (Å²) in [6, 6.07) is 9.32. The highest BCUT2D eigenvalue weighted by atomic mass is 16.3. The summed E-state index contributed by atoms with van der Waals surface area (Å²) in [6.45, 7) is 3.75. The molecule has 1 heterocycles. The average molecular weight is 299 g/mol. The van der Waals surface area contributed by atoms with E-state index in [1.807, 2.05) is 44.2 Å². The number of nitrogens with one attached hydrogen (secondary N) is 2. The van der Waals surface area contributed by atoms with Gasteiger partial charge in [0.1, 0.15) is 0 Å². The van der Waals surface area contributed by atoms with Crippen LogP contribution in [0.4, 0.5) is 10.5 Å². The Morgan fingerprint density at radius 3 is 2.82 bits per heavy atom. The quantitative estimate of drug-likeness (QED) is 0.812. The van der Waals surface area contributed by atoms with Gasteiger partial charge in [-0.15, -0.1) is 0 Å². The van der Waals surface area contributed by atoms with Crippen LogP contribution >= 0.6 is 0 Å². The minimum atomic E-state index is -0.558. The van der Waals surface area contributed by atoms with Crippen molar-refractivity contribution in [3.05, 3.63) is 36.0 Å². The van der Waals surface area contributed by atoms with Crippen LogP contribution in [0.3, 0.4) is 0 Å². The van der Waals surface area contributed by atoms with Crippen LogP contribution in [0.25, 0.3) is 10.9 Å². The molecule has 1 aliphatic rings. The van der Waals surface area contributed by atoms with E-state index in [0.717, 1.165) is 29.4 Å². The molecule has 0 spiro atoms. The number of aromatic nitrogens is 1. The molecule has 2 amide bonds. The van der Waals surface area contributed by atoms with Gasteiger partial charge in [0.15, 0.2) is 0 Å². The number of rotatable bonds is 4. The minimum Gasteiger partial charge on any atom is -0.394 e. The van der Waals surface area contributed by atoms with E-state index in [0.29, 0.717) is 11.6 Å². The number of aliphatic hydroxyl groups excluding tert-OH is 1. The topological polar surface area (TPSA) is 74.2 Å². The van der Waals surface area contributed by atoms with Gasteiger partial charge in [-0.1, -0.05) is 18.2 Å². The highest BCUT2D eigenvalue weighted by Gasteiger charge is 2.42. The van der Waals surface area contributed by atoms with E-state index in [9.17, 15) is 9.90 Å². The number of anilines is 1. The van der Waals surface area contributed by atoms with Gasteiger partial charge in [-0.25, -0.2) is 4.79 Å². The molecule has 0 bridgehead atoms. The van der Waals surface area contributed by atoms with E-state index in [1.165, 1.54) is 0 Å². The molecule has 116 valence electrons. The summed E-state index contributed by atoms with van der Waals surface area (Å²) < 4.78 is 0. The first kappa shape index (κ1) is 14.8. The summed E-state index contributed by atoms with van der Waals surface area (Å²) in [5.74, 6) is 0.358. The van der Waals surface area contributed by atoms with Gasteiger partial charge in [0.25, 0.3) is 0 Å². The van der Waals surface area contributed by atoms with Crippen molar-refractivity contribution >= 4 is 22.6 Å². The molecule has 5 heteroatoms. The number of carbonyl (C=O) groups is 1. The van der Waals surface area contributed by atoms with Crippen LogP contribution in [0.2, 0.25) is 0 Å². The maximum atomic E-state index is 12.3. The SMILES string of the molecule is Cc1ccc2cccc(NC(=O)NC(C)(CO)C3CC3)c2n1. The Morgan fingerprint density at radius 1 is 1.36 bits per heavy atom. The number of nitrogens with zero attached hydrogens (tertiary/aromatic N) is 1. The molecule has 1 aromatic heterocycles. The summed E-state index contributed by atoms with van der Waals surface area (Å²) in [5, 5.41) is 16.3. The largest absolute Gasteiger partial charge is 0.394 e. The predicted octanol–water partition coefficient (Wildman–Crippen LogP) is 2.83. The highest BCUT2D eigenvalue weighted by molar-refractivity contribution is 5.99. The summed E-state index contributed by atoms with van der Waals surface area (Å²) in [4.78, 5) is 16.8. The number of carbonyl (C=O) groups excluding carboxylic acids is 1. The van der Waals surface area contributed by atoms with E-state index in [-0.39, 0.29) is 12.6 Å². The zero-order valence-electron chi connectivity index (χ0n) is 12.9. The van der Waals surface area contributed by atoms with Gasteiger partial charge in [-0.05, 0) is 44.7 Å². The third kappa shape index (κ3) is 2.90. The average Bonchev–Trinajstić information content (AvgIpc) is 3.33. The second-order valence-electron chi connectivity index (χ2n) is 6.26. The van der Waals surface area contributed by atoms with Crippen LogP contribution in [-0.2, 0) is 0 Å². The van der Waals surface area contributed by atoms with Gasteiger partial charge in [0.05, 0.1) is 23.3 Å². The van der Waals surface area contributed by atoms with Gasteiger partial charge in [0, 0.05) is 11.1 Å². The van der Waals surface area contributed by atoms with Crippen LogP contribution in [0.5, 0.6) is 0 Å². The van der Waals surface area contributed by atoms with Crippen molar-refractivity contribution in [3.8, 4) is 0 Å². The summed E-state index contributed by atoms with van der Waals surface area (Å²) >= 11 is 0. The number of benzene rings is 1. The molecule has 5 nitrogen and oxygen atoms in total. The van der Waals surface area contributed by atoms with Crippen molar-refractivity contribution in [2.24, 2.45) is 5.92 Å². The number of aliphatic hydroxyl groups is 1. The number of urea groups is 1. The summed E-state index contributed by atoms with van der Waals surface area (Å²) in [7, 11) is 0. The molecule has 1 aliphatic carbocycles. The maximum Gasteiger partial charge on any atom is 0.319 e. The van der Waals surface area contributed by atoms with Crippen molar-refractivity contribution < 1.29 is 9.90 Å². The molecule has 1 atom stereocenters.